The zero-order valence-corrected chi connectivity index (χ0v) is 15.3. The Bertz CT molecular complexity index is 600. The van der Waals surface area contributed by atoms with Crippen LogP contribution in [0.25, 0.3) is 0 Å². The van der Waals surface area contributed by atoms with Gasteiger partial charge in [0, 0.05) is 31.1 Å². The summed E-state index contributed by atoms with van der Waals surface area (Å²) in [5.74, 6) is 1.33. The van der Waals surface area contributed by atoms with Crippen molar-refractivity contribution in [1.82, 2.24) is 4.90 Å². The molecule has 0 unspecified atom stereocenters. The van der Waals surface area contributed by atoms with E-state index in [1.165, 1.54) is 12.8 Å². The Morgan fingerprint density at radius 1 is 1.12 bits per heavy atom. The summed E-state index contributed by atoms with van der Waals surface area (Å²) < 4.78 is 0. The van der Waals surface area contributed by atoms with Crippen molar-refractivity contribution in [2.75, 3.05) is 18.4 Å². The third-order valence-corrected chi connectivity index (χ3v) is 5.71. The first kappa shape index (κ1) is 18.0. The number of piperidine rings is 1. The van der Waals surface area contributed by atoms with Crippen molar-refractivity contribution in [3.8, 4) is 0 Å². The minimum Gasteiger partial charge on any atom is -0.342 e. The van der Waals surface area contributed by atoms with E-state index in [0.717, 1.165) is 56.4 Å². The number of hydrogen-bond acceptors (Lipinski definition) is 2. The van der Waals surface area contributed by atoms with E-state index in [0.29, 0.717) is 18.2 Å². The Labute approximate surface area is 151 Å². The van der Waals surface area contributed by atoms with Gasteiger partial charge in [-0.3, -0.25) is 9.59 Å². The Hall–Kier alpha value is -1.84. The predicted molar refractivity (Wildman–Crippen MR) is 100 cm³/mol. The van der Waals surface area contributed by atoms with Crippen LogP contribution in [0, 0.1) is 18.8 Å². The van der Waals surface area contributed by atoms with Crippen molar-refractivity contribution in [3.05, 3.63) is 29.8 Å². The van der Waals surface area contributed by atoms with Gasteiger partial charge in [0.2, 0.25) is 11.8 Å². The molecular formula is C21H30N2O2. The van der Waals surface area contributed by atoms with Gasteiger partial charge in [0.15, 0.2) is 0 Å². The van der Waals surface area contributed by atoms with E-state index in [1.807, 2.05) is 31.2 Å². The van der Waals surface area contributed by atoms with E-state index in [4.69, 9.17) is 0 Å². The van der Waals surface area contributed by atoms with Crippen LogP contribution in [0.5, 0.6) is 0 Å². The summed E-state index contributed by atoms with van der Waals surface area (Å²) >= 11 is 0. The number of benzene rings is 1. The van der Waals surface area contributed by atoms with Crippen LogP contribution in [0.2, 0.25) is 0 Å². The minimum absolute atomic E-state index is 0.0926. The van der Waals surface area contributed by atoms with Gasteiger partial charge in [0.25, 0.3) is 0 Å². The molecule has 1 aromatic rings. The lowest BCUT2D eigenvalue weighted by Gasteiger charge is -2.33. The van der Waals surface area contributed by atoms with Gasteiger partial charge in [-0.25, -0.2) is 0 Å². The third kappa shape index (κ3) is 5.07. The average Bonchev–Trinajstić information content (AvgIpc) is 3.14. The molecule has 1 aromatic carbocycles. The minimum atomic E-state index is 0.0926. The third-order valence-electron chi connectivity index (χ3n) is 5.71. The summed E-state index contributed by atoms with van der Waals surface area (Å²) in [6.07, 6.45) is 8.15. The van der Waals surface area contributed by atoms with E-state index in [2.05, 4.69) is 10.2 Å². The number of anilines is 1. The van der Waals surface area contributed by atoms with Gasteiger partial charge in [0.1, 0.15) is 0 Å². The molecule has 2 fully saturated rings. The fourth-order valence-electron chi connectivity index (χ4n) is 4.15. The number of nitrogens with zero attached hydrogens (tertiary/aromatic N) is 1. The Kier molecular flexibility index (Phi) is 6.11. The molecule has 3 rings (SSSR count). The van der Waals surface area contributed by atoms with E-state index in [-0.39, 0.29) is 11.8 Å². The van der Waals surface area contributed by atoms with Crippen LogP contribution in [0.1, 0.15) is 56.9 Å². The second-order valence-electron chi connectivity index (χ2n) is 7.71. The first-order valence-electron chi connectivity index (χ1n) is 9.77. The van der Waals surface area contributed by atoms with E-state index in [9.17, 15) is 9.59 Å². The van der Waals surface area contributed by atoms with Crippen molar-refractivity contribution in [3.63, 3.8) is 0 Å². The van der Waals surface area contributed by atoms with Crippen LogP contribution in [-0.2, 0) is 9.59 Å². The standard InChI is InChI=1S/C21H30N2O2/c1-16-5-4-8-19(15-16)22-20(24)10-9-17-11-13-23(14-12-17)21(25)18-6-2-3-7-18/h4-5,8,15,17-18H,2-3,6-7,9-14H2,1H3,(H,22,24). The molecule has 1 heterocycles. The van der Waals surface area contributed by atoms with Gasteiger partial charge in [-0.1, -0.05) is 25.0 Å². The number of likely N-dealkylation sites (tertiary alicyclic amines) is 1. The summed E-state index contributed by atoms with van der Waals surface area (Å²) in [6.45, 7) is 3.77. The molecule has 1 N–H and O–H groups in total. The topological polar surface area (TPSA) is 49.4 Å². The fraction of sp³-hybridized carbons (Fsp3) is 0.619. The highest BCUT2D eigenvalue weighted by molar-refractivity contribution is 5.90. The number of amides is 2. The van der Waals surface area contributed by atoms with Gasteiger partial charge in [0.05, 0.1) is 0 Å². The molecule has 0 spiro atoms. The van der Waals surface area contributed by atoms with Crippen molar-refractivity contribution in [2.24, 2.45) is 11.8 Å². The molecule has 25 heavy (non-hydrogen) atoms. The molecule has 4 nitrogen and oxygen atoms in total. The van der Waals surface area contributed by atoms with Crippen molar-refractivity contribution >= 4 is 17.5 Å². The summed E-state index contributed by atoms with van der Waals surface area (Å²) in [5, 5.41) is 2.98. The maximum Gasteiger partial charge on any atom is 0.225 e. The van der Waals surface area contributed by atoms with E-state index >= 15 is 0 Å². The van der Waals surface area contributed by atoms with Crippen molar-refractivity contribution in [1.29, 1.82) is 0 Å². The molecule has 0 aromatic heterocycles. The van der Waals surface area contributed by atoms with Crippen LogP contribution < -0.4 is 5.32 Å². The molecule has 1 saturated carbocycles. The molecule has 4 heteroatoms. The number of carbonyl (C=O) groups excluding carboxylic acids is 2. The molecule has 2 aliphatic rings. The number of rotatable bonds is 5. The maximum absolute atomic E-state index is 12.5. The molecule has 1 aliphatic carbocycles. The molecule has 0 atom stereocenters. The number of carbonyl (C=O) groups is 2. The smallest absolute Gasteiger partial charge is 0.225 e. The lowest BCUT2D eigenvalue weighted by Crippen LogP contribution is -2.41. The van der Waals surface area contributed by atoms with E-state index in [1.54, 1.807) is 0 Å². The molecule has 1 saturated heterocycles. The van der Waals surface area contributed by atoms with E-state index < -0.39 is 0 Å². The van der Waals surface area contributed by atoms with Crippen LogP contribution in [0.4, 0.5) is 5.69 Å². The van der Waals surface area contributed by atoms with Crippen molar-refractivity contribution < 1.29 is 9.59 Å². The predicted octanol–water partition coefficient (Wildman–Crippen LogP) is 4.14. The molecule has 136 valence electrons. The highest BCUT2D eigenvalue weighted by Gasteiger charge is 2.29. The van der Waals surface area contributed by atoms with Gasteiger partial charge >= 0.3 is 0 Å². The van der Waals surface area contributed by atoms with Crippen LogP contribution in [0.15, 0.2) is 24.3 Å². The number of hydrogen-bond donors (Lipinski definition) is 1. The van der Waals surface area contributed by atoms with Gasteiger partial charge in [-0.15, -0.1) is 0 Å². The highest BCUT2D eigenvalue weighted by atomic mass is 16.2. The zero-order chi connectivity index (χ0) is 17.6. The summed E-state index contributed by atoms with van der Waals surface area (Å²) in [4.78, 5) is 26.7. The van der Waals surface area contributed by atoms with Crippen LogP contribution in [-0.4, -0.2) is 29.8 Å². The second kappa shape index (κ2) is 8.50. The molecule has 0 radical (unpaired) electrons. The summed E-state index contributed by atoms with van der Waals surface area (Å²) in [6, 6.07) is 7.90. The molecule has 2 amide bonds. The Morgan fingerprint density at radius 3 is 2.52 bits per heavy atom. The normalized spacial score (nSPS) is 19.2. The van der Waals surface area contributed by atoms with Gasteiger partial charge < -0.3 is 10.2 Å². The zero-order valence-electron chi connectivity index (χ0n) is 15.3. The lowest BCUT2D eigenvalue weighted by molar-refractivity contribution is -0.136. The fourth-order valence-corrected chi connectivity index (χ4v) is 4.15. The van der Waals surface area contributed by atoms with Gasteiger partial charge in [-0.2, -0.15) is 0 Å². The number of aryl methyl sites for hydroxylation is 1. The second-order valence-corrected chi connectivity index (χ2v) is 7.71. The first-order valence-corrected chi connectivity index (χ1v) is 9.77. The molecule has 1 aliphatic heterocycles. The molecular weight excluding hydrogens is 312 g/mol. The average molecular weight is 342 g/mol. The van der Waals surface area contributed by atoms with Crippen LogP contribution in [0.3, 0.4) is 0 Å². The monoisotopic (exact) mass is 342 g/mol. The summed E-state index contributed by atoms with van der Waals surface area (Å²) in [7, 11) is 0. The quantitative estimate of drug-likeness (QED) is 0.874. The van der Waals surface area contributed by atoms with Gasteiger partial charge in [-0.05, 0) is 62.6 Å². The number of nitrogens with one attached hydrogen (secondary N) is 1. The Morgan fingerprint density at radius 2 is 1.84 bits per heavy atom. The van der Waals surface area contributed by atoms with Crippen LogP contribution >= 0.6 is 0 Å². The first-order chi connectivity index (χ1) is 12.1. The maximum atomic E-state index is 12.5. The lowest BCUT2D eigenvalue weighted by atomic mass is 9.91. The largest absolute Gasteiger partial charge is 0.342 e. The molecule has 0 bridgehead atoms. The highest BCUT2D eigenvalue weighted by Crippen LogP contribution is 2.29. The Balaban J connectivity index is 1.37. The SMILES string of the molecule is Cc1cccc(NC(=O)CCC2CCN(C(=O)C3CCCC3)CC2)c1. The summed E-state index contributed by atoms with van der Waals surface area (Å²) in [5.41, 5.74) is 2.03. The van der Waals surface area contributed by atoms with Crippen molar-refractivity contribution in [2.45, 2.75) is 58.3 Å².